The number of hydrogen-bond acceptors (Lipinski definition) is 5. The number of aryl methyl sites for hydroxylation is 1. The Morgan fingerprint density at radius 2 is 2.17 bits per heavy atom. The van der Waals surface area contributed by atoms with Crippen LogP contribution in [0, 0.1) is 6.92 Å². The van der Waals surface area contributed by atoms with Gasteiger partial charge >= 0.3 is 6.03 Å². The predicted molar refractivity (Wildman–Crippen MR) is 89.3 cm³/mol. The second-order valence-corrected chi connectivity index (χ2v) is 6.15. The fourth-order valence-corrected chi connectivity index (χ4v) is 2.82. The number of urea groups is 1. The molecule has 0 radical (unpaired) electrons. The molecular weight excluding hydrogens is 306 g/mol. The van der Waals surface area contributed by atoms with E-state index >= 15 is 0 Å². The maximum atomic E-state index is 12.4. The summed E-state index contributed by atoms with van der Waals surface area (Å²) in [5.74, 6) is 0.826. The van der Waals surface area contributed by atoms with Crippen LogP contribution in [0.4, 0.5) is 4.79 Å². The lowest BCUT2D eigenvalue weighted by Gasteiger charge is -2.34. The van der Waals surface area contributed by atoms with Crippen molar-refractivity contribution in [2.24, 2.45) is 0 Å². The fourth-order valence-electron chi connectivity index (χ4n) is 2.82. The van der Waals surface area contributed by atoms with Crippen molar-refractivity contribution in [1.82, 2.24) is 25.3 Å². The second-order valence-electron chi connectivity index (χ2n) is 6.15. The van der Waals surface area contributed by atoms with E-state index in [0.717, 1.165) is 36.7 Å². The fraction of sp³-hybridized carbons (Fsp3) is 0.471. The summed E-state index contributed by atoms with van der Waals surface area (Å²) >= 11 is 0. The lowest BCUT2D eigenvalue weighted by molar-refractivity contribution is 0.132. The third-order valence-electron chi connectivity index (χ3n) is 4.25. The molecule has 0 aliphatic carbocycles. The summed E-state index contributed by atoms with van der Waals surface area (Å²) in [6, 6.07) is 5.72. The summed E-state index contributed by atoms with van der Waals surface area (Å²) in [5.41, 5.74) is 1.95. The minimum Gasteiger partial charge on any atom is -0.361 e. The highest BCUT2D eigenvalue weighted by molar-refractivity contribution is 5.74. The van der Waals surface area contributed by atoms with Crippen molar-refractivity contribution in [3.63, 3.8) is 0 Å². The molecule has 3 heterocycles. The molecule has 3 rings (SSSR count). The maximum absolute atomic E-state index is 12.4. The molecular formula is C17H23N5O2. The number of rotatable bonds is 4. The molecule has 2 amide bonds. The molecule has 1 atom stereocenters. The Labute approximate surface area is 141 Å². The van der Waals surface area contributed by atoms with E-state index < -0.39 is 0 Å². The van der Waals surface area contributed by atoms with Crippen molar-refractivity contribution < 1.29 is 9.32 Å². The van der Waals surface area contributed by atoms with Gasteiger partial charge in [0.1, 0.15) is 5.76 Å². The number of hydrogen-bond donors (Lipinski definition) is 1. The normalized spacial score (nSPS) is 16.8. The first-order valence-corrected chi connectivity index (χ1v) is 8.22. The highest BCUT2D eigenvalue weighted by Crippen LogP contribution is 2.12. The molecule has 7 nitrogen and oxygen atoms in total. The zero-order valence-electron chi connectivity index (χ0n) is 14.1. The molecule has 1 N–H and O–H groups in total. The molecule has 0 unspecified atom stereocenters. The number of carbonyl (C=O) groups excluding carboxylic acids is 1. The van der Waals surface area contributed by atoms with Crippen LogP contribution in [0.25, 0.3) is 0 Å². The van der Waals surface area contributed by atoms with E-state index in [1.807, 2.05) is 36.9 Å². The summed E-state index contributed by atoms with van der Waals surface area (Å²) in [6.07, 6.45) is 3.51. The van der Waals surface area contributed by atoms with Gasteiger partial charge in [-0.05, 0) is 25.5 Å². The quantitative estimate of drug-likeness (QED) is 0.928. The van der Waals surface area contributed by atoms with Gasteiger partial charge in [-0.15, -0.1) is 0 Å². The van der Waals surface area contributed by atoms with E-state index in [1.165, 1.54) is 0 Å². The van der Waals surface area contributed by atoms with E-state index in [2.05, 4.69) is 20.4 Å². The van der Waals surface area contributed by atoms with Gasteiger partial charge in [-0.1, -0.05) is 11.2 Å². The van der Waals surface area contributed by atoms with Crippen molar-refractivity contribution in [3.05, 3.63) is 47.6 Å². The van der Waals surface area contributed by atoms with Gasteiger partial charge in [0.2, 0.25) is 0 Å². The van der Waals surface area contributed by atoms with Crippen LogP contribution in [0.1, 0.15) is 30.0 Å². The van der Waals surface area contributed by atoms with Gasteiger partial charge in [-0.25, -0.2) is 4.79 Å². The molecule has 1 aliphatic rings. The summed E-state index contributed by atoms with van der Waals surface area (Å²) in [5, 5.41) is 7.06. The number of nitrogens with one attached hydrogen (secondary N) is 1. The first-order valence-electron chi connectivity index (χ1n) is 8.22. The standard InChI is InChI=1S/C17H23N5O2/c1-13-10-16(20-24-13)12-21-6-8-22(9-7-21)17(23)19-14(2)15-4-3-5-18-11-15/h3-5,10-11,14H,6-9,12H2,1-2H3,(H,19,23)/t14-/m1/s1. The zero-order chi connectivity index (χ0) is 16.9. The van der Waals surface area contributed by atoms with Crippen LogP contribution < -0.4 is 5.32 Å². The molecule has 0 spiro atoms. The average Bonchev–Trinajstić information content (AvgIpc) is 3.01. The number of nitrogens with zero attached hydrogens (tertiary/aromatic N) is 4. The van der Waals surface area contributed by atoms with Crippen LogP contribution in [0.3, 0.4) is 0 Å². The van der Waals surface area contributed by atoms with Crippen LogP contribution in [-0.4, -0.2) is 52.2 Å². The molecule has 0 aromatic carbocycles. The van der Waals surface area contributed by atoms with Gasteiger partial charge in [0.05, 0.1) is 11.7 Å². The second kappa shape index (κ2) is 7.44. The van der Waals surface area contributed by atoms with Gasteiger partial charge in [0, 0.05) is 51.2 Å². The molecule has 0 saturated carbocycles. The molecule has 0 bridgehead atoms. The lowest BCUT2D eigenvalue weighted by Crippen LogP contribution is -2.51. The Balaban J connectivity index is 1.46. The summed E-state index contributed by atoms with van der Waals surface area (Å²) < 4.78 is 5.09. The van der Waals surface area contributed by atoms with Crippen LogP contribution in [0.5, 0.6) is 0 Å². The van der Waals surface area contributed by atoms with Crippen LogP contribution in [0.15, 0.2) is 35.1 Å². The van der Waals surface area contributed by atoms with Crippen molar-refractivity contribution >= 4 is 6.03 Å². The van der Waals surface area contributed by atoms with Gasteiger partial charge < -0.3 is 14.7 Å². The van der Waals surface area contributed by atoms with Crippen LogP contribution >= 0.6 is 0 Å². The zero-order valence-corrected chi connectivity index (χ0v) is 14.1. The van der Waals surface area contributed by atoms with Crippen LogP contribution in [-0.2, 0) is 6.54 Å². The Kier molecular flexibility index (Phi) is 5.10. The van der Waals surface area contributed by atoms with E-state index in [4.69, 9.17) is 4.52 Å². The Morgan fingerprint density at radius 1 is 1.38 bits per heavy atom. The van der Waals surface area contributed by atoms with E-state index in [9.17, 15) is 4.79 Å². The molecule has 24 heavy (non-hydrogen) atoms. The number of piperazine rings is 1. The lowest BCUT2D eigenvalue weighted by atomic mass is 10.1. The van der Waals surface area contributed by atoms with E-state index in [-0.39, 0.29) is 12.1 Å². The SMILES string of the molecule is Cc1cc(CN2CCN(C(=O)N[C@H](C)c3cccnc3)CC2)no1. The molecule has 2 aromatic heterocycles. The molecule has 1 saturated heterocycles. The topological polar surface area (TPSA) is 74.5 Å². The summed E-state index contributed by atoms with van der Waals surface area (Å²) in [4.78, 5) is 20.6. The monoisotopic (exact) mass is 329 g/mol. The van der Waals surface area contributed by atoms with Crippen molar-refractivity contribution in [1.29, 1.82) is 0 Å². The van der Waals surface area contributed by atoms with Crippen molar-refractivity contribution in [2.75, 3.05) is 26.2 Å². The van der Waals surface area contributed by atoms with E-state index in [1.54, 1.807) is 12.4 Å². The van der Waals surface area contributed by atoms with Crippen LogP contribution in [0.2, 0.25) is 0 Å². The largest absolute Gasteiger partial charge is 0.361 e. The highest BCUT2D eigenvalue weighted by Gasteiger charge is 2.23. The first kappa shape index (κ1) is 16.4. The highest BCUT2D eigenvalue weighted by atomic mass is 16.5. The molecule has 128 valence electrons. The Hall–Kier alpha value is -2.41. The number of carbonyl (C=O) groups is 1. The Bertz CT molecular complexity index is 665. The third-order valence-corrected chi connectivity index (χ3v) is 4.25. The molecule has 1 aliphatic heterocycles. The van der Waals surface area contributed by atoms with Crippen molar-refractivity contribution in [2.45, 2.75) is 26.4 Å². The summed E-state index contributed by atoms with van der Waals surface area (Å²) in [6.45, 7) is 7.71. The smallest absolute Gasteiger partial charge is 0.317 e. The van der Waals surface area contributed by atoms with Gasteiger partial charge in [0.15, 0.2) is 0 Å². The first-order chi connectivity index (χ1) is 11.6. The number of pyridine rings is 1. The maximum Gasteiger partial charge on any atom is 0.317 e. The molecule has 2 aromatic rings. The number of aromatic nitrogens is 2. The third kappa shape index (κ3) is 4.11. The summed E-state index contributed by atoms with van der Waals surface area (Å²) in [7, 11) is 0. The average molecular weight is 329 g/mol. The minimum absolute atomic E-state index is 0.0247. The predicted octanol–water partition coefficient (Wildman–Crippen LogP) is 1.97. The van der Waals surface area contributed by atoms with Gasteiger partial charge in [-0.3, -0.25) is 9.88 Å². The van der Waals surface area contributed by atoms with Gasteiger partial charge in [-0.2, -0.15) is 0 Å². The minimum atomic E-state index is -0.0534. The van der Waals surface area contributed by atoms with Crippen molar-refractivity contribution in [3.8, 4) is 0 Å². The van der Waals surface area contributed by atoms with E-state index in [0.29, 0.717) is 13.1 Å². The molecule has 7 heteroatoms. The number of amides is 2. The van der Waals surface area contributed by atoms with Gasteiger partial charge in [0.25, 0.3) is 0 Å². The molecule has 1 fully saturated rings. The Morgan fingerprint density at radius 3 is 2.79 bits per heavy atom.